The lowest BCUT2D eigenvalue weighted by Gasteiger charge is -2.22. The number of aromatic nitrogens is 4. The van der Waals surface area contributed by atoms with Crippen molar-refractivity contribution in [2.24, 2.45) is 4.99 Å². The molecule has 22 heavy (non-hydrogen) atoms. The number of nitrogens with zero attached hydrogens (tertiary/aromatic N) is 4. The van der Waals surface area contributed by atoms with E-state index in [2.05, 4.69) is 36.3 Å². The Morgan fingerprint density at radius 1 is 1.27 bits per heavy atom. The van der Waals surface area contributed by atoms with Crippen LogP contribution >= 0.6 is 11.8 Å². The van der Waals surface area contributed by atoms with Crippen LogP contribution in [0, 0.1) is 0 Å². The lowest BCUT2D eigenvalue weighted by Crippen LogP contribution is -2.49. The Morgan fingerprint density at radius 3 is 2.91 bits per heavy atom. The van der Waals surface area contributed by atoms with Gasteiger partial charge in [0.25, 0.3) is 0 Å². The monoisotopic (exact) mass is 319 g/mol. The maximum absolute atomic E-state index is 11.6. The Labute approximate surface area is 129 Å². The number of rotatable bonds is 5. The zero-order valence-corrected chi connectivity index (χ0v) is 12.2. The van der Waals surface area contributed by atoms with Crippen molar-refractivity contribution in [3.05, 3.63) is 41.7 Å². The number of nitrogens with one attached hydrogen (secondary N) is 3. The second kappa shape index (κ2) is 7.00. The summed E-state index contributed by atoms with van der Waals surface area (Å²) in [5, 5.41) is 19.1. The quantitative estimate of drug-likeness (QED) is 0.743. The van der Waals surface area contributed by atoms with Gasteiger partial charge in [0.2, 0.25) is 6.35 Å². The Balaban J connectivity index is 1.56. The third-order valence-electron chi connectivity index (χ3n) is 2.69. The van der Waals surface area contributed by atoms with Gasteiger partial charge in [-0.2, -0.15) is 5.21 Å². The molecule has 3 rings (SSSR count). The molecule has 0 radical (unpaired) electrons. The molecule has 0 spiro atoms. The summed E-state index contributed by atoms with van der Waals surface area (Å²) in [6.07, 6.45) is -0.721. The van der Waals surface area contributed by atoms with E-state index in [4.69, 9.17) is 4.74 Å². The normalized spacial score (nSPS) is 17.5. The Kier molecular flexibility index (Phi) is 4.61. The van der Waals surface area contributed by atoms with Crippen LogP contribution in [0.4, 0.5) is 4.79 Å². The Hall–Kier alpha value is -2.46. The lowest BCUT2D eigenvalue weighted by atomic mass is 10.2. The minimum absolute atomic E-state index is 0.358. The highest BCUT2D eigenvalue weighted by Crippen LogP contribution is 2.12. The molecule has 1 aliphatic heterocycles. The first-order valence-electron chi connectivity index (χ1n) is 6.45. The summed E-state index contributed by atoms with van der Waals surface area (Å²) in [4.78, 5) is 15.9. The average Bonchev–Trinajstić information content (AvgIpc) is 3.05. The molecule has 1 unspecified atom stereocenters. The molecule has 0 saturated carbocycles. The molecule has 1 aliphatic rings. The molecule has 10 heteroatoms. The zero-order valence-electron chi connectivity index (χ0n) is 11.4. The molecule has 114 valence electrons. The van der Waals surface area contributed by atoms with Gasteiger partial charge in [-0.15, -0.1) is 10.2 Å². The van der Waals surface area contributed by atoms with Crippen molar-refractivity contribution >= 4 is 23.0 Å². The van der Waals surface area contributed by atoms with Gasteiger partial charge in [0.05, 0.1) is 12.4 Å². The summed E-state index contributed by atoms with van der Waals surface area (Å²) in [6.45, 7) is 0.359. The predicted molar refractivity (Wildman–Crippen MR) is 79.6 cm³/mol. The molecule has 2 amide bonds. The van der Waals surface area contributed by atoms with Crippen LogP contribution in [0.2, 0.25) is 0 Å². The predicted octanol–water partition coefficient (Wildman–Crippen LogP) is 0.602. The highest BCUT2D eigenvalue weighted by atomic mass is 32.2. The van der Waals surface area contributed by atoms with Crippen molar-refractivity contribution < 1.29 is 9.53 Å². The molecule has 0 aliphatic carbocycles. The number of urea groups is 1. The van der Waals surface area contributed by atoms with Gasteiger partial charge in [-0.05, 0) is 5.56 Å². The van der Waals surface area contributed by atoms with E-state index in [1.165, 1.54) is 11.8 Å². The SMILES string of the molecule is O=C1NC(SCc2nn[nH]n2)=NC(OCc2ccccc2)N1. The minimum Gasteiger partial charge on any atom is -0.334 e. The van der Waals surface area contributed by atoms with Crippen molar-refractivity contribution in [2.45, 2.75) is 18.7 Å². The van der Waals surface area contributed by atoms with E-state index in [9.17, 15) is 4.79 Å². The van der Waals surface area contributed by atoms with Crippen molar-refractivity contribution in [3.8, 4) is 0 Å². The van der Waals surface area contributed by atoms with Crippen molar-refractivity contribution in [2.75, 3.05) is 0 Å². The standard InChI is InChI=1S/C12H13N7O2S/c20-10-13-11(21-6-8-4-2-1-3-5-8)15-12(14-10)22-7-9-16-18-19-17-9/h1-5,11H,6-7H2,(H2,13,14,15,20)(H,16,17,18,19). The number of hydrogen-bond acceptors (Lipinski definition) is 7. The summed E-state index contributed by atoms with van der Waals surface area (Å²) < 4.78 is 5.58. The van der Waals surface area contributed by atoms with E-state index in [0.29, 0.717) is 23.4 Å². The first-order chi connectivity index (χ1) is 10.8. The van der Waals surface area contributed by atoms with Crippen LogP contribution in [-0.4, -0.2) is 38.2 Å². The third-order valence-corrected chi connectivity index (χ3v) is 3.57. The smallest absolute Gasteiger partial charge is 0.324 e. The molecule has 3 N–H and O–H groups in total. The second-order valence-electron chi connectivity index (χ2n) is 4.30. The van der Waals surface area contributed by atoms with Gasteiger partial charge in [0, 0.05) is 0 Å². The number of amidine groups is 1. The highest BCUT2D eigenvalue weighted by Gasteiger charge is 2.20. The first-order valence-corrected chi connectivity index (χ1v) is 7.44. The summed E-state index contributed by atoms with van der Waals surface area (Å²) in [7, 11) is 0. The number of aromatic amines is 1. The maximum atomic E-state index is 11.6. The minimum atomic E-state index is -0.721. The topological polar surface area (TPSA) is 117 Å². The van der Waals surface area contributed by atoms with E-state index in [0.717, 1.165) is 5.56 Å². The number of tetrazole rings is 1. The fourth-order valence-corrected chi connectivity index (χ4v) is 2.42. The highest BCUT2D eigenvalue weighted by molar-refractivity contribution is 8.13. The van der Waals surface area contributed by atoms with Gasteiger partial charge in [0.1, 0.15) is 0 Å². The van der Waals surface area contributed by atoms with Gasteiger partial charge in [-0.25, -0.2) is 9.79 Å². The van der Waals surface area contributed by atoms with Gasteiger partial charge < -0.3 is 4.74 Å². The number of aliphatic imine (C=N–C) groups is 1. The largest absolute Gasteiger partial charge is 0.334 e. The van der Waals surface area contributed by atoms with Crippen molar-refractivity contribution in [1.29, 1.82) is 0 Å². The number of benzene rings is 1. The number of ether oxygens (including phenoxy) is 1. The second-order valence-corrected chi connectivity index (χ2v) is 5.26. The summed E-state index contributed by atoms with van der Waals surface area (Å²) in [5.74, 6) is 0.975. The van der Waals surface area contributed by atoms with E-state index < -0.39 is 6.35 Å². The maximum Gasteiger partial charge on any atom is 0.324 e. The Morgan fingerprint density at radius 2 is 2.14 bits per heavy atom. The van der Waals surface area contributed by atoms with Crippen molar-refractivity contribution in [3.63, 3.8) is 0 Å². The molecule has 1 aromatic carbocycles. The number of carbonyl (C=O) groups is 1. The van der Waals surface area contributed by atoms with Crippen molar-refractivity contribution in [1.82, 2.24) is 31.3 Å². The van der Waals surface area contributed by atoms with Crippen LogP contribution in [0.3, 0.4) is 0 Å². The molecule has 1 aromatic heterocycles. The molecular weight excluding hydrogens is 306 g/mol. The molecule has 0 saturated heterocycles. The van der Waals surface area contributed by atoms with Crippen LogP contribution in [0.25, 0.3) is 0 Å². The number of hydrogen-bond donors (Lipinski definition) is 3. The van der Waals surface area contributed by atoms with Gasteiger partial charge in [-0.1, -0.05) is 47.3 Å². The van der Waals surface area contributed by atoms with Crippen LogP contribution in [0.5, 0.6) is 0 Å². The summed E-state index contributed by atoms with van der Waals surface area (Å²) in [6, 6.07) is 9.31. The number of amides is 2. The van der Waals surface area contributed by atoms with Crippen LogP contribution in [0.1, 0.15) is 11.4 Å². The molecule has 0 bridgehead atoms. The molecule has 2 heterocycles. The molecule has 1 atom stereocenters. The molecule has 2 aromatic rings. The van der Waals surface area contributed by atoms with Crippen LogP contribution < -0.4 is 10.6 Å². The van der Waals surface area contributed by atoms with E-state index >= 15 is 0 Å². The first kappa shape index (κ1) is 14.5. The number of thioether (sulfide) groups is 1. The van der Waals surface area contributed by atoms with E-state index in [1.807, 2.05) is 30.3 Å². The average molecular weight is 319 g/mol. The van der Waals surface area contributed by atoms with E-state index in [1.54, 1.807) is 0 Å². The molecular formula is C12H13N7O2S. The number of H-pyrrole nitrogens is 1. The Bertz CT molecular complexity index is 647. The van der Waals surface area contributed by atoms with Gasteiger partial charge >= 0.3 is 6.03 Å². The lowest BCUT2D eigenvalue weighted by molar-refractivity contribution is 0.0296. The fourth-order valence-electron chi connectivity index (χ4n) is 1.69. The van der Waals surface area contributed by atoms with E-state index in [-0.39, 0.29) is 6.03 Å². The number of carbonyl (C=O) groups excluding carboxylic acids is 1. The molecule has 0 fully saturated rings. The summed E-state index contributed by atoms with van der Waals surface area (Å²) >= 11 is 1.30. The fraction of sp³-hybridized carbons (Fsp3) is 0.250. The summed E-state index contributed by atoms with van der Waals surface area (Å²) in [5.41, 5.74) is 1.01. The van der Waals surface area contributed by atoms with Gasteiger partial charge in [0.15, 0.2) is 11.0 Å². The third kappa shape index (κ3) is 4.02. The van der Waals surface area contributed by atoms with Gasteiger partial charge in [-0.3, -0.25) is 10.6 Å². The van der Waals surface area contributed by atoms with Crippen LogP contribution in [-0.2, 0) is 17.1 Å². The van der Waals surface area contributed by atoms with Crippen LogP contribution in [0.15, 0.2) is 35.3 Å². The molecule has 9 nitrogen and oxygen atoms in total. The zero-order chi connectivity index (χ0) is 15.2.